The Labute approximate surface area is 123 Å². The Morgan fingerprint density at radius 3 is 2.76 bits per heavy atom. The molecule has 0 fully saturated rings. The van der Waals surface area contributed by atoms with Crippen LogP contribution in [0.1, 0.15) is 12.5 Å². The van der Waals surface area contributed by atoms with E-state index >= 15 is 0 Å². The Balaban J connectivity index is 1.92. The number of pyridine rings is 1. The molecule has 5 nitrogen and oxygen atoms in total. The standard InChI is InChI=1S/C16H17N3O2/c1-2-21-15-9-5-4-8-14(15)12-17-18-16(20)13-19-10-6-3-7-11-19/h3-12H,2,13H2,1H3/p+1/b17-12-. The number of hydrazone groups is 1. The normalized spacial score (nSPS) is 10.5. The highest BCUT2D eigenvalue weighted by Crippen LogP contribution is 2.15. The lowest BCUT2D eigenvalue weighted by molar-refractivity contribution is -0.684. The number of amides is 1. The molecule has 21 heavy (non-hydrogen) atoms. The van der Waals surface area contributed by atoms with E-state index in [1.54, 1.807) is 10.8 Å². The first-order chi connectivity index (χ1) is 10.3. The van der Waals surface area contributed by atoms with E-state index in [1.807, 2.05) is 61.8 Å². The van der Waals surface area contributed by atoms with Crippen LogP contribution in [0.4, 0.5) is 0 Å². The summed E-state index contributed by atoms with van der Waals surface area (Å²) in [6, 6.07) is 13.2. The van der Waals surface area contributed by atoms with Gasteiger partial charge in [-0.25, -0.2) is 5.43 Å². The molecule has 0 spiro atoms. The predicted octanol–water partition coefficient (Wildman–Crippen LogP) is 1.52. The van der Waals surface area contributed by atoms with Crippen molar-refractivity contribution in [1.82, 2.24) is 5.43 Å². The minimum absolute atomic E-state index is 0.184. The van der Waals surface area contributed by atoms with Crippen LogP contribution in [-0.4, -0.2) is 18.7 Å². The monoisotopic (exact) mass is 284 g/mol. The molecule has 108 valence electrons. The van der Waals surface area contributed by atoms with E-state index in [-0.39, 0.29) is 12.5 Å². The van der Waals surface area contributed by atoms with E-state index in [1.165, 1.54) is 0 Å². The van der Waals surface area contributed by atoms with Crippen LogP contribution in [0.2, 0.25) is 0 Å². The third-order valence-corrected chi connectivity index (χ3v) is 2.72. The van der Waals surface area contributed by atoms with Crippen LogP contribution in [0.25, 0.3) is 0 Å². The van der Waals surface area contributed by atoms with Gasteiger partial charge in [0.15, 0.2) is 12.4 Å². The first-order valence-corrected chi connectivity index (χ1v) is 6.77. The zero-order valence-electron chi connectivity index (χ0n) is 11.9. The van der Waals surface area contributed by atoms with Gasteiger partial charge in [0.25, 0.3) is 0 Å². The molecule has 1 N–H and O–H groups in total. The van der Waals surface area contributed by atoms with Gasteiger partial charge in [0.1, 0.15) is 5.75 Å². The Hall–Kier alpha value is -2.69. The average molecular weight is 284 g/mol. The highest BCUT2D eigenvalue weighted by atomic mass is 16.5. The highest BCUT2D eigenvalue weighted by molar-refractivity contribution is 5.84. The lowest BCUT2D eigenvalue weighted by Gasteiger charge is -2.05. The Morgan fingerprint density at radius 2 is 2.00 bits per heavy atom. The maximum absolute atomic E-state index is 11.7. The van der Waals surface area contributed by atoms with Gasteiger partial charge in [-0.15, -0.1) is 0 Å². The minimum atomic E-state index is -0.184. The fraction of sp³-hybridized carbons (Fsp3) is 0.188. The molecule has 0 saturated heterocycles. The molecule has 0 atom stereocenters. The molecular formula is C16H18N3O2+. The van der Waals surface area contributed by atoms with Crippen LogP contribution in [0, 0.1) is 0 Å². The number of rotatable bonds is 6. The number of carbonyl (C=O) groups is 1. The maximum Gasteiger partial charge on any atom is 0.305 e. The molecule has 0 aliphatic rings. The number of nitrogens with one attached hydrogen (secondary N) is 1. The molecule has 2 rings (SSSR count). The van der Waals surface area contributed by atoms with Crippen LogP contribution in [-0.2, 0) is 11.3 Å². The summed E-state index contributed by atoms with van der Waals surface area (Å²) in [4.78, 5) is 11.7. The molecule has 1 amide bonds. The molecule has 0 aliphatic carbocycles. The third kappa shape index (κ3) is 4.72. The van der Waals surface area contributed by atoms with Crippen LogP contribution in [0.3, 0.4) is 0 Å². The topological polar surface area (TPSA) is 54.6 Å². The number of ether oxygens (including phenoxy) is 1. The first-order valence-electron chi connectivity index (χ1n) is 6.77. The second kappa shape index (κ2) is 7.79. The van der Waals surface area contributed by atoms with E-state index in [0.717, 1.165) is 11.3 Å². The summed E-state index contributed by atoms with van der Waals surface area (Å²) in [6.45, 7) is 2.74. The lowest BCUT2D eigenvalue weighted by Crippen LogP contribution is -2.40. The molecule has 0 saturated carbocycles. The Kier molecular flexibility index (Phi) is 5.46. The van der Waals surface area contributed by atoms with Gasteiger partial charge in [-0.05, 0) is 19.1 Å². The van der Waals surface area contributed by atoms with E-state index in [2.05, 4.69) is 10.5 Å². The molecule has 5 heteroatoms. The van der Waals surface area contributed by atoms with Gasteiger partial charge in [-0.3, -0.25) is 4.79 Å². The summed E-state index contributed by atoms with van der Waals surface area (Å²) in [5.41, 5.74) is 3.33. The van der Waals surface area contributed by atoms with E-state index in [4.69, 9.17) is 4.74 Å². The van der Waals surface area contributed by atoms with Crippen LogP contribution in [0.5, 0.6) is 5.75 Å². The summed E-state index contributed by atoms with van der Waals surface area (Å²) in [6.07, 6.45) is 5.24. The molecule has 0 radical (unpaired) electrons. The van der Waals surface area contributed by atoms with Crippen molar-refractivity contribution in [2.45, 2.75) is 13.5 Å². The van der Waals surface area contributed by atoms with Crippen molar-refractivity contribution in [2.24, 2.45) is 5.10 Å². The third-order valence-electron chi connectivity index (χ3n) is 2.72. The fourth-order valence-electron chi connectivity index (χ4n) is 1.79. The summed E-state index contributed by atoms with van der Waals surface area (Å²) in [5.74, 6) is 0.562. The van der Waals surface area contributed by atoms with Crippen LogP contribution >= 0.6 is 0 Å². The Bertz CT molecular complexity index is 612. The van der Waals surface area contributed by atoms with Crippen molar-refractivity contribution >= 4 is 12.1 Å². The van der Waals surface area contributed by atoms with Crippen LogP contribution < -0.4 is 14.7 Å². The van der Waals surface area contributed by atoms with Crippen molar-refractivity contribution in [3.8, 4) is 5.75 Å². The summed E-state index contributed by atoms with van der Waals surface area (Å²) >= 11 is 0. The molecule has 0 aliphatic heterocycles. The van der Waals surface area contributed by atoms with Gasteiger partial charge in [0.05, 0.1) is 12.8 Å². The zero-order chi connectivity index (χ0) is 14.9. The molecule has 0 bridgehead atoms. The Morgan fingerprint density at radius 1 is 1.24 bits per heavy atom. The number of benzene rings is 1. The second-order valence-corrected chi connectivity index (χ2v) is 4.31. The summed E-state index contributed by atoms with van der Waals surface area (Å²) in [5, 5.41) is 3.96. The van der Waals surface area contributed by atoms with Crippen molar-refractivity contribution in [2.75, 3.05) is 6.61 Å². The molecule has 2 aromatic rings. The highest BCUT2D eigenvalue weighted by Gasteiger charge is 2.06. The van der Waals surface area contributed by atoms with E-state index < -0.39 is 0 Å². The average Bonchev–Trinajstić information content (AvgIpc) is 2.50. The summed E-state index contributed by atoms with van der Waals surface area (Å²) in [7, 11) is 0. The number of para-hydroxylation sites is 1. The van der Waals surface area contributed by atoms with E-state index in [0.29, 0.717) is 6.61 Å². The van der Waals surface area contributed by atoms with Gasteiger partial charge < -0.3 is 4.74 Å². The van der Waals surface area contributed by atoms with Gasteiger partial charge in [0, 0.05) is 17.7 Å². The predicted molar refractivity (Wildman–Crippen MR) is 80.0 cm³/mol. The van der Waals surface area contributed by atoms with Crippen molar-refractivity contribution in [1.29, 1.82) is 0 Å². The smallest absolute Gasteiger partial charge is 0.305 e. The molecule has 0 unspecified atom stereocenters. The minimum Gasteiger partial charge on any atom is -0.493 e. The van der Waals surface area contributed by atoms with Crippen molar-refractivity contribution in [3.63, 3.8) is 0 Å². The number of hydrogen-bond acceptors (Lipinski definition) is 3. The fourth-order valence-corrected chi connectivity index (χ4v) is 1.79. The second-order valence-electron chi connectivity index (χ2n) is 4.31. The molecular weight excluding hydrogens is 266 g/mol. The van der Waals surface area contributed by atoms with Crippen molar-refractivity contribution in [3.05, 3.63) is 60.4 Å². The van der Waals surface area contributed by atoms with Gasteiger partial charge in [0.2, 0.25) is 6.54 Å². The van der Waals surface area contributed by atoms with Crippen molar-refractivity contribution < 1.29 is 14.1 Å². The van der Waals surface area contributed by atoms with E-state index in [9.17, 15) is 4.79 Å². The SMILES string of the molecule is CCOc1ccccc1/C=N\NC(=O)C[n+]1ccccc1. The lowest BCUT2D eigenvalue weighted by atomic mass is 10.2. The van der Waals surface area contributed by atoms with Crippen LogP contribution in [0.15, 0.2) is 60.0 Å². The first kappa shape index (κ1) is 14.7. The number of nitrogens with zero attached hydrogens (tertiary/aromatic N) is 2. The van der Waals surface area contributed by atoms with Gasteiger partial charge in [-0.1, -0.05) is 18.2 Å². The van der Waals surface area contributed by atoms with Gasteiger partial charge in [-0.2, -0.15) is 9.67 Å². The molecule has 1 aromatic carbocycles. The molecule has 1 heterocycles. The number of aromatic nitrogens is 1. The quantitative estimate of drug-likeness (QED) is 0.497. The number of carbonyl (C=O) groups excluding carboxylic acids is 1. The largest absolute Gasteiger partial charge is 0.493 e. The van der Waals surface area contributed by atoms with Gasteiger partial charge >= 0.3 is 5.91 Å². The zero-order valence-corrected chi connectivity index (χ0v) is 11.9. The number of hydrogen-bond donors (Lipinski definition) is 1. The summed E-state index contributed by atoms with van der Waals surface area (Å²) < 4.78 is 7.26. The molecule has 1 aromatic heterocycles. The maximum atomic E-state index is 11.7.